The normalized spacial score (nSPS) is 11.3. The van der Waals surface area contributed by atoms with Gasteiger partial charge in [0.15, 0.2) is 11.6 Å². The summed E-state index contributed by atoms with van der Waals surface area (Å²) in [6, 6.07) is 9.26. The molecule has 0 unspecified atom stereocenters. The van der Waals surface area contributed by atoms with E-state index in [4.69, 9.17) is 0 Å². The summed E-state index contributed by atoms with van der Waals surface area (Å²) in [5.41, 5.74) is 1.33. The Hall–Kier alpha value is -3.14. The first kappa shape index (κ1) is 20.6. The van der Waals surface area contributed by atoms with E-state index in [2.05, 4.69) is 16.6 Å². The van der Waals surface area contributed by atoms with Crippen LogP contribution < -0.4 is 4.74 Å². The first-order valence-corrected chi connectivity index (χ1v) is 8.66. The molecule has 150 valence electrons. The second-order valence-electron chi connectivity index (χ2n) is 6.30. The van der Waals surface area contributed by atoms with Gasteiger partial charge >= 0.3 is 6.36 Å². The first-order chi connectivity index (χ1) is 13.7. The average Bonchev–Trinajstić information content (AvgIpc) is 2.64. The number of alkyl halides is 3. The molecular weight excluding hydrogens is 394 g/mol. The second kappa shape index (κ2) is 8.08. The molecule has 0 heterocycles. The third kappa shape index (κ3) is 4.83. The van der Waals surface area contributed by atoms with Crippen molar-refractivity contribution in [2.75, 3.05) is 0 Å². The molecule has 0 saturated carbocycles. The van der Waals surface area contributed by atoms with Crippen LogP contribution in [0, 0.1) is 29.3 Å². The lowest BCUT2D eigenvalue weighted by atomic mass is 10.0. The molecule has 0 aromatic heterocycles. The standard InChI is InChI=1S/C22H14F6O/c1-2-3-13-4-7-15(18(23)11-13)8-5-14-6-9-17-16(10-14)12-19(24)21(20(17)25)29-22(26,27)28/h4,6-7,9-12H,2-3H2,1H3. The van der Waals surface area contributed by atoms with Crippen LogP contribution in [-0.4, -0.2) is 6.36 Å². The van der Waals surface area contributed by atoms with Crippen molar-refractivity contribution in [1.82, 2.24) is 0 Å². The SMILES string of the molecule is CCCc1ccc(C#Cc2ccc3c(F)c(OC(F)(F)F)c(F)cc3c2)c(F)c1. The molecule has 3 aromatic carbocycles. The third-order valence-electron chi connectivity index (χ3n) is 4.12. The van der Waals surface area contributed by atoms with Gasteiger partial charge in [-0.15, -0.1) is 13.2 Å². The number of hydrogen-bond acceptors (Lipinski definition) is 1. The van der Waals surface area contributed by atoms with Crippen LogP contribution in [0.25, 0.3) is 10.8 Å². The summed E-state index contributed by atoms with van der Waals surface area (Å²) in [5, 5.41) is -0.258. The molecule has 7 heteroatoms. The highest BCUT2D eigenvalue weighted by atomic mass is 19.4. The van der Waals surface area contributed by atoms with Crippen molar-refractivity contribution < 1.29 is 31.1 Å². The molecule has 0 saturated heterocycles. The van der Waals surface area contributed by atoms with Crippen LogP contribution in [0.5, 0.6) is 5.75 Å². The lowest BCUT2D eigenvalue weighted by molar-refractivity contribution is -0.276. The van der Waals surface area contributed by atoms with E-state index in [1.165, 1.54) is 18.2 Å². The molecule has 0 radical (unpaired) electrons. The Kier molecular flexibility index (Phi) is 5.73. The van der Waals surface area contributed by atoms with E-state index in [0.717, 1.165) is 30.5 Å². The molecule has 0 amide bonds. The summed E-state index contributed by atoms with van der Waals surface area (Å²) in [5.74, 6) is 0.393. The van der Waals surface area contributed by atoms with Crippen LogP contribution >= 0.6 is 0 Å². The molecule has 0 bridgehead atoms. The molecule has 0 aliphatic heterocycles. The van der Waals surface area contributed by atoms with Crippen molar-refractivity contribution >= 4 is 10.8 Å². The van der Waals surface area contributed by atoms with Crippen LogP contribution in [0.3, 0.4) is 0 Å². The Balaban J connectivity index is 1.96. The van der Waals surface area contributed by atoms with Gasteiger partial charge in [0.1, 0.15) is 5.82 Å². The fourth-order valence-corrected chi connectivity index (χ4v) is 2.84. The van der Waals surface area contributed by atoms with Crippen molar-refractivity contribution in [3.63, 3.8) is 0 Å². The van der Waals surface area contributed by atoms with E-state index in [1.54, 1.807) is 12.1 Å². The van der Waals surface area contributed by atoms with Crippen LogP contribution in [0.1, 0.15) is 30.0 Å². The van der Waals surface area contributed by atoms with E-state index in [0.29, 0.717) is 5.56 Å². The van der Waals surface area contributed by atoms with E-state index in [9.17, 15) is 26.3 Å². The number of benzene rings is 3. The number of aryl methyl sites for hydroxylation is 1. The predicted molar refractivity (Wildman–Crippen MR) is 96.9 cm³/mol. The summed E-state index contributed by atoms with van der Waals surface area (Å²) < 4.78 is 82.6. The fraction of sp³-hybridized carbons (Fsp3) is 0.182. The molecular formula is C22H14F6O. The monoisotopic (exact) mass is 408 g/mol. The topological polar surface area (TPSA) is 9.23 Å². The summed E-state index contributed by atoms with van der Waals surface area (Å²) in [4.78, 5) is 0. The number of fused-ring (bicyclic) bond motifs is 1. The Morgan fingerprint density at radius 2 is 1.66 bits per heavy atom. The summed E-state index contributed by atoms with van der Waals surface area (Å²) in [6.45, 7) is 1.98. The molecule has 0 N–H and O–H groups in total. The van der Waals surface area contributed by atoms with Crippen molar-refractivity contribution in [2.24, 2.45) is 0 Å². The Morgan fingerprint density at radius 1 is 0.897 bits per heavy atom. The minimum absolute atomic E-state index is 0.0000835. The number of hydrogen-bond donors (Lipinski definition) is 0. The van der Waals surface area contributed by atoms with Gasteiger partial charge < -0.3 is 4.74 Å². The summed E-state index contributed by atoms with van der Waals surface area (Å²) in [6.07, 6.45) is -3.60. The van der Waals surface area contributed by atoms with Crippen molar-refractivity contribution in [3.05, 3.63) is 76.6 Å². The quantitative estimate of drug-likeness (QED) is 0.355. The maximum absolute atomic E-state index is 14.2. The summed E-state index contributed by atoms with van der Waals surface area (Å²) >= 11 is 0. The van der Waals surface area contributed by atoms with E-state index < -0.39 is 29.6 Å². The first-order valence-electron chi connectivity index (χ1n) is 8.66. The molecule has 1 nitrogen and oxygen atoms in total. The van der Waals surface area contributed by atoms with Gasteiger partial charge in [0, 0.05) is 10.9 Å². The molecule has 0 fully saturated rings. The van der Waals surface area contributed by atoms with Gasteiger partial charge in [0.05, 0.1) is 5.56 Å². The highest BCUT2D eigenvalue weighted by Crippen LogP contribution is 2.33. The second-order valence-corrected chi connectivity index (χ2v) is 6.30. The van der Waals surface area contributed by atoms with Gasteiger partial charge in [-0.05, 0) is 47.7 Å². The molecule has 3 rings (SSSR count). The molecule has 3 aromatic rings. The van der Waals surface area contributed by atoms with Crippen molar-refractivity contribution in [1.29, 1.82) is 0 Å². The van der Waals surface area contributed by atoms with Gasteiger partial charge in [-0.3, -0.25) is 0 Å². The third-order valence-corrected chi connectivity index (χ3v) is 4.12. The number of rotatable bonds is 3. The lowest BCUT2D eigenvalue weighted by Gasteiger charge is -2.12. The van der Waals surface area contributed by atoms with Crippen LogP contribution in [-0.2, 0) is 6.42 Å². The summed E-state index contributed by atoms with van der Waals surface area (Å²) in [7, 11) is 0. The van der Waals surface area contributed by atoms with Gasteiger partial charge in [-0.25, -0.2) is 13.2 Å². The fourth-order valence-electron chi connectivity index (χ4n) is 2.84. The van der Waals surface area contributed by atoms with Gasteiger partial charge in [0.25, 0.3) is 0 Å². The maximum atomic E-state index is 14.2. The zero-order chi connectivity index (χ0) is 21.2. The largest absolute Gasteiger partial charge is 0.573 e. The van der Waals surface area contributed by atoms with Crippen LogP contribution in [0.2, 0.25) is 0 Å². The minimum Gasteiger partial charge on any atom is -0.399 e. The number of ether oxygens (including phenoxy) is 1. The highest BCUT2D eigenvalue weighted by Gasteiger charge is 2.34. The zero-order valence-corrected chi connectivity index (χ0v) is 15.1. The lowest BCUT2D eigenvalue weighted by Crippen LogP contribution is -2.19. The van der Waals surface area contributed by atoms with Crippen molar-refractivity contribution in [3.8, 4) is 17.6 Å². The van der Waals surface area contributed by atoms with Gasteiger partial charge in [0.2, 0.25) is 5.75 Å². The predicted octanol–water partition coefficient (Wildman–Crippen LogP) is 6.51. The van der Waals surface area contributed by atoms with Crippen LogP contribution in [0.15, 0.2) is 42.5 Å². The van der Waals surface area contributed by atoms with E-state index >= 15 is 0 Å². The maximum Gasteiger partial charge on any atom is 0.573 e. The average molecular weight is 408 g/mol. The van der Waals surface area contributed by atoms with E-state index in [-0.39, 0.29) is 16.3 Å². The zero-order valence-electron chi connectivity index (χ0n) is 15.1. The molecule has 0 spiro atoms. The Labute approximate surface area is 162 Å². The molecule has 29 heavy (non-hydrogen) atoms. The highest BCUT2D eigenvalue weighted by molar-refractivity contribution is 5.86. The van der Waals surface area contributed by atoms with Gasteiger partial charge in [-0.2, -0.15) is 0 Å². The Bertz CT molecular complexity index is 1120. The molecule has 0 aliphatic carbocycles. The van der Waals surface area contributed by atoms with E-state index in [1.807, 2.05) is 6.92 Å². The number of halogens is 6. The van der Waals surface area contributed by atoms with Crippen LogP contribution in [0.4, 0.5) is 26.3 Å². The smallest absolute Gasteiger partial charge is 0.399 e. The van der Waals surface area contributed by atoms with Crippen molar-refractivity contribution in [2.45, 2.75) is 26.1 Å². The molecule has 0 aliphatic rings. The minimum atomic E-state index is -5.22. The van der Waals surface area contributed by atoms with Gasteiger partial charge in [-0.1, -0.05) is 37.3 Å². The Morgan fingerprint density at radius 3 is 2.31 bits per heavy atom. The molecule has 0 atom stereocenters.